The predicted molar refractivity (Wildman–Crippen MR) is 83.0 cm³/mol. The van der Waals surface area contributed by atoms with Gasteiger partial charge < -0.3 is 4.79 Å². The van der Waals surface area contributed by atoms with Crippen molar-refractivity contribution in [3.05, 3.63) is 53.9 Å². The van der Waals surface area contributed by atoms with E-state index in [4.69, 9.17) is 0 Å². The minimum Gasteiger partial charge on any atom is -0.303 e. The van der Waals surface area contributed by atoms with Crippen LogP contribution in [0.5, 0.6) is 0 Å². The third kappa shape index (κ3) is 3.36. The maximum absolute atomic E-state index is 10.5. The zero-order valence-corrected chi connectivity index (χ0v) is 11.9. The summed E-state index contributed by atoms with van der Waals surface area (Å²) in [6, 6.07) is 13.4. The molecule has 2 aromatic heterocycles. The number of fused-ring (bicyclic) bond motifs is 1. The first-order chi connectivity index (χ1) is 10.8. The van der Waals surface area contributed by atoms with Gasteiger partial charge in [-0.15, -0.1) is 0 Å². The van der Waals surface area contributed by atoms with Gasteiger partial charge in [-0.2, -0.15) is 15.0 Å². The van der Waals surface area contributed by atoms with Gasteiger partial charge >= 0.3 is 0 Å². The molecule has 5 heteroatoms. The van der Waals surface area contributed by atoms with E-state index >= 15 is 0 Å². The Morgan fingerprint density at radius 1 is 0.955 bits per heavy atom. The number of carbonyl (C=O) groups is 1. The Hall–Kier alpha value is -3.00. The molecule has 0 saturated carbocycles. The molecule has 3 rings (SSSR count). The third-order valence-electron chi connectivity index (χ3n) is 3.10. The van der Waals surface area contributed by atoms with Crippen LogP contribution in [0.15, 0.2) is 42.5 Å². The standard InChI is InChI=1S/C17H14N4O/c22-13-11-15-8-5-7-14(18-15)6-3-4-12-21-19-16-9-1-2-10-17(16)20-21/h1-2,5,7-10,13H,6,11-12H2. The number of benzene rings is 1. The van der Waals surface area contributed by atoms with Crippen LogP contribution >= 0.6 is 0 Å². The van der Waals surface area contributed by atoms with Crippen LogP contribution in [-0.2, 0) is 24.2 Å². The van der Waals surface area contributed by atoms with Crippen molar-refractivity contribution in [3.63, 3.8) is 0 Å². The molecule has 0 aliphatic rings. The first-order valence-corrected chi connectivity index (χ1v) is 6.99. The van der Waals surface area contributed by atoms with Gasteiger partial charge in [0.25, 0.3) is 0 Å². The van der Waals surface area contributed by atoms with Gasteiger partial charge in [0.2, 0.25) is 0 Å². The van der Waals surface area contributed by atoms with E-state index < -0.39 is 0 Å². The molecule has 5 nitrogen and oxygen atoms in total. The van der Waals surface area contributed by atoms with E-state index in [2.05, 4.69) is 27.0 Å². The number of aldehydes is 1. The van der Waals surface area contributed by atoms with E-state index in [1.54, 1.807) is 4.80 Å². The minimum atomic E-state index is 0.338. The van der Waals surface area contributed by atoms with Crippen LogP contribution in [0.3, 0.4) is 0 Å². The van der Waals surface area contributed by atoms with E-state index in [0.717, 1.165) is 28.7 Å². The lowest BCUT2D eigenvalue weighted by Crippen LogP contribution is -2.00. The monoisotopic (exact) mass is 290 g/mol. The SMILES string of the molecule is O=CCc1cccc(CC#CCn2nc3ccccc3n2)n1. The highest BCUT2D eigenvalue weighted by Crippen LogP contribution is 2.06. The number of aromatic nitrogens is 4. The van der Waals surface area contributed by atoms with Crippen molar-refractivity contribution in [2.45, 2.75) is 19.4 Å². The topological polar surface area (TPSA) is 60.7 Å². The molecular formula is C17H14N4O. The maximum Gasteiger partial charge on any atom is 0.125 e. The van der Waals surface area contributed by atoms with Crippen molar-refractivity contribution in [3.8, 4) is 11.8 Å². The average Bonchev–Trinajstić information content (AvgIpc) is 2.95. The molecule has 2 heterocycles. The molecule has 22 heavy (non-hydrogen) atoms. The molecule has 0 atom stereocenters. The fraction of sp³-hybridized carbons (Fsp3) is 0.176. The summed E-state index contributed by atoms with van der Waals surface area (Å²) < 4.78 is 0. The van der Waals surface area contributed by atoms with Crippen molar-refractivity contribution < 1.29 is 4.79 Å². The van der Waals surface area contributed by atoms with Gasteiger partial charge in [-0.25, -0.2) is 0 Å². The molecule has 0 saturated heterocycles. The number of pyridine rings is 1. The van der Waals surface area contributed by atoms with Gasteiger partial charge in [0.1, 0.15) is 23.9 Å². The Morgan fingerprint density at radius 2 is 1.68 bits per heavy atom. The lowest BCUT2D eigenvalue weighted by Gasteiger charge is -1.97. The molecule has 0 amide bonds. The zero-order valence-electron chi connectivity index (χ0n) is 11.9. The van der Waals surface area contributed by atoms with Crippen LogP contribution < -0.4 is 0 Å². The Morgan fingerprint density at radius 3 is 2.41 bits per heavy atom. The Kier molecular flexibility index (Phi) is 4.21. The molecule has 0 N–H and O–H groups in total. The second kappa shape index (κ2) is 6.64. The first kappa shape index (κ1) is 14.0. The van der Waals surface area contributed by atoms with E-state index in [-0.39, 0.29) is 0 Å². The summed E-state index contributed by atoms with van der Waals surface area (Å²) >= 11 is 0. The number of hydrogen-bond donors (Lipinski definition) is 0. The Labute approximate surface area is 128 Å². The van der Waals surface area contributed by atoms with Crippen molar-refractivity contribution in [2.24, 2.45) is 0 Å². The van der Waals surface area contributed by atoms with Crippen LogP contribution in [-0.4, -0.2) is 26.3 Å². The molecule has 1 aromatic carbocycles. The largest absolute Gasteiger partial charge is 0.303 e. The van der Waals surface area contributed by atoms with Crippen LogP contribution in [0.2, 0.25) is 0 Å². The molecule has 3 aromatic rings. The number of hydrogen-bond acceptors (Lipinski definition) is 4. The summed E-state index contributed by atoms with van der Waals surface area (Å²) in [7, 11) is 0. The second-order valence-electron chi connectivity index (χ2n) is 4.74. The molecule has 0 bridgehead atoms. The highest BCUT2D eigenvalue weighted by Gasteiger charge is 1.99. The van der Waals surface area contributed by atoms with Crippen LogP contribution in [0, 0.1) is 11.8 Å². The quantitative estimate of drug-likeness (QED) is 0.543. The summed E-state index contributed by atoms with van der Waals surface area (Å²) in [5.41, 5.74) is 3.37. The molecule has 0 fully saturated rings. The van der Waals surface area contributed by atoms with Crippen molar-refractivity contribution in [1.82, 2.24) is 20.0 Å². The highest BCUT2D eigenvalue weighted by molar-refractivity contribution is 5.72. The fourth-order valence-electron chi connectivity index (χ4n) is 2.08. The predicted octanol–water partition coefficient (Wildman–Crippen LogP) is 1.81. The summed E-state index contributed by atoms with van der Waals surface area (Å²) in [5.74, 6) is 6.10. The smallest absolute Gasteiger partial charge is 0.125 e. The number of carbonyl (C=O) groups excluding carboxylic acids is 1. The molecule has 0 radical (unpaired) electrons. The van der Waals surface area contributed by atoms with Gasteiger partial charge in [0.15, 0.2) is 0 Å². The fourth-order valence-corrected chi connectivity index (χ4v) is 2.08. The van der Waals surface area contributed by atoms with Gasteiger partial charge in [0, 0.05) is 12.1 Å². The second-order valence-corrected chi connectivity index (χ2v) is 4.74. The molecular weight excluding hydrogens is 276 g/mol. The molecule has 108 valence electrons. The minimum absolute atomic E-state index is 0.338. The van der Waals surface area contributed by atoms with E-state index in [9.17, 15) is 4.79 Å². The van der Waals surface area contributed by atoms with Crippen molar-refractivity contribution >= 4 is 17.3 Å². The summed E-state index contributed by atoms with van der Waals surface area (Å²) in [5, 5.41) is 8.69. The summed E-state index contributed by atoms with van der Waals surface area (Å²) in [6.45, 7) is 0.447. The van der Waals surface area contributed by atoms with Gasteiger partial charge in [-0.3, -0.25) is 4.98 Å². The maximum atomic E-state index is 10.5. The van der Waals surface area contributed by atoms with E-state index in [1.165, 1.54) is 0 Å². The average molecular weight is 290 g/mol. The molecule has 0 spiro atoms. The van der Waals surface area contributed by atoms with Crippen molar-refractivity contribution in [2.75, 3.05) is 0 Å². The normalized spacial score (nSPS) is 10.2. The van der Waals surface area contributed by atoms with E-state index in [0.29, 0.717) is 19.4 Å². The lowest BCUT2D eigenvalue weighted by molar-refractivity contribution is -0.107. The number of rotatable bonds is 4. The Bertz CT molecular complexity index is 824. The number of nitrogens with zero attached hydrogens (tertiary/aromatic N) is 4. The van der Waals surface area contributed by atoms with E-state index in [1.807, 2.05) is 42.5 Å². The first-order valence-electron chi connectivity index (χ1n) is 6.99. The van der Waals surface area contributed by atoms with Gasteiger partial charge in [-0.05, 0) is 24.3 Å². The van der Waals surface area contributed by atoms with Crippen LogP contribution in [0.4, 0.5) is 0 Å². The lowest BCUT2D eigenvalue weighted by atomic mass is 10.2. The Balaban J connectivity index is 1.63. The zero-order chi connectivity index (χ0) is 15.2. The highest BCUT2D eigenvalue weighted by atomic mass is 16.1. The van der Waals surface area contributed by atoms with Crippen LogP contribution in [0.25, 0.3) is 11.0 Å². The van der Waals surface area contributed by atoms with Gasteiger partial charge in [0.05, 0.1) is 12.1 Å². The molecule has 0 aliphatic carbocycles. The van der Waals surface area contributed by atoms with Gasteiger partial charge in [-0.1, -0.05) is 30.0 Å². The third-order valence-corrected chi connectivity index (χ3v) is 3.10. The molecule has 0 aliphatic heterocycles. The summed E-state index contributed by atoms with van der Waals surface area (Å²) in [4.78, 5) is 16.5. The van der Waals surface area contributed by atoms with Crippen molar-refractivity contribution in [1.29, 1.82) is 0 Å². The molecule has 0 unspecified atom stereocenters. The van der Waals surface area contributed by atoms with Crippen LogP contribution in [0.1, 0.15) is 11.4 Å². The summed E-state index contributed by atoms with van der Waals surface area (Å²) in [6.07, 6.45) is 1.74.